The van der Waals surface area contributed by atoms with Gasteiger partial charge < -0.3 is 5.32 Å². The molecule has 0 bridgehead atoms. The molecule has 1 aliphatic rings. The summed E-state index contributed by atoms with van der Waals surface area (Å²) < 4.78 is 1.38. The fourth-order valence-corrected chi connectivity index (χ4v) is 4.78. The lowest BCUT2D eigenvalue weighted by Crippen LogP contribution is -2.29. The third kappa shape index (κ3) is 4.82. The van der Waals surface area contributed by atoms with Gasteiger partial charge in [-0.25, -0.2) is 0 Å². The van der Waals surface area contributed by atoms with E-state index in [0.29, 0.717) is 28.6 Å². The Morgan fingerprint density at radius 2 is 2.08 bits per heavy atom. The highest BCUT2D eigenvalue weighted by Gasteiger charge is 2.31. The summed E-state index contributed by atoms with van der Waals surface area (Å²) in [6.45, 7) is 0.440. The maximum Gasteiger partial charge on any atom is 0.266 e. The lowest BCUT2D eigenvalue weighted by molar-refractivity contribution is -0.122. The highest BCUT2D eigenvalue weighted by Crippen LogP contribution is 2.33. The van der Waals surface area contributed by atoms with Gasteiger partial charge in [-0.05, 0) is 52.0 Å². The van der Waals surface area contributed by atoms with Crippen LogP contribution in [0.25, 0.3) is 6.08 Å². The van der Waals surface area contributed by atoms with E-state index in [9.17, 15) is 9.59 Å². The average Bonchev–Trinajstić information content (AvgIpc) is 3.21. The summed E-state index contributed by atoms with van der Waals surface area (Å²) in [5.74, 6) is -0.170. The van der Waals surface area contributed by atoms with E-state index in [0.717, 1.165) is 15.0 Å². The van der Waals surface area contributed by atoms with Gasteiger partial charge in [0.05, 0.1) is 10.6 Å². The molecule has 0 spiro atoms. The van der Waals surface area contributed by atoms with Crippen LogP contribution in [0.1, 0.15) is 17.7 Å². The zero-order valence-corrected chi connectivity index (χ0v) is 17.6. The maximum absolute atomic E-state index is 12.5. The van der Waals surface area contributed by atoms with Crippen molar-refractivity contribution < 1.29 is 9.59 Å². The van der Waals surface area contributed by atoms with E-state index in [4.69, 9.17) is 12.2 Å². The molecule has 0 saturated carbocycles. The molecule has 26 heavy (non-hydrogen) atoms. The van der Waals surface area contributed by atoms with Crippen LogP contribution in [-0.2, 0) is 9.59 Å². The topological polar surface area (TPSA) is 49.4 Å². The summed E-state index contributed by atoms with van der Waals surface area (Å²) in [6, 6.07) is 11.4. The first-order valence-electron chi connectivity index (χ1n) is 7.88. The number of halogens is 1. The molecular weight excluding hydrogens is 452 g/mol. The Morgan fingerprint density at radius 1 is 1.27 bits per heavy atom. The van der Waals surface area contributed by atoms with Gasteiger partial charge in [-0.1, -0.05) is 42.2 Å². The van der Waals surface area contributed by atoms with Crippen molar-refractivity contribution in [3.63, 3.8) is 0 Å². The number of amides is 2. The van der Waals surface area contributed by atoms with Crippen LogP contribution < -0.4 is 5.32 Å². The van der Waals surface area contributed by atoms with Crippen LogP contribution in [0.4, 0.5) is 5.69 Å². The van der Waals surface area contributed by atoms with Gasteiger partial charge in [0.25, 0.3) is 5.91 Å². The number of benzene rings is 1. The largest absolute Gasteiger partial charge is 0.325 e. The van der Waals surface area contributed by atoms with Gasteiger partial charge in [0.1, 0.15) is 4.32 Å². The standard InChI is InChI=1S/C18H15BrN2O2S3/c19-13-6-1-2-7-14(13)20-16(22)8-3-9-21-17(23)15(26-18(21)24)11-12-5-4-10-25-12/h1-2,4-7,10-11H,3,8-9H2,(H,20,22)/b15-11+. The van der Waals surface area contributed by atoms with E-state index in [2.05, 4.69) is 21.2 Å². The highest BCUT2D eigenvalue weighted by molar-refractivity contribution is 9.10. The molecule has 1 aromatic carbocycles. The minimum absolute atomic E-state index is 0.0837. The number of anilines is 1. The molecule has 0 atom stereocenters. The first-order valence-corrected chi connectivity index (χ1v) is 10.8. The molecule has 134 valence electrons. The van der Waals surface area contributed by atoms with Crippen molar-refractivity contribution in [3.8, 4) is 0 Å². The molecule has 1 fully saturated rings. The van der Waals surface area contributed by atoms with E-state index in [1.807, 2.05) is 47.9 Å². The van der Waals surface area contributed by atoms with Crippen molar-refractivity contribution in [1.82, 2.24) is 4.90 Å². The third-order valence-corrected chi connectivity index (χ3v) is 6.51. The molecule has 0 unspecified atom stereocenters. The minimum Gasteiger partial charge on any atom is -0.325 e. The number of rotatable bonds is 6. The molecule has 1 aliphatic heterocycles. The van der Waals surface area contributed by atoms with E-state index in [1.54, 1.807) is 16.2 Å². The van der Waals surface area contributed by atoms with Crippen molar-refractivity contribution in [3.05, 3.63) is 56.0 Å². The minimum atomic E-state index is -0.0866. The number of thioether (sulfide) groups is 1. The second-order valence-corrected chi connectivity index (χ2v) is 8.99. The summed E-state index contributed by atoms with van der Waals surface area (Å²) in [7, 11) is 0. The quantitative estimate of drug-likeness (QED) is 0.473. The molecule has 0 aliphatic carbocycles. The van der Waals surface area contributed by atoms with Crippen LogP contribution in [0.2, 0.25) is 0 Å². The highest BCUT2D eigenvalue weighted by atomic mass is 79.9. The predicted octanol–water partition coefficient (Wildman–Crippen LogP) is 5.13. The van der Waals surface area contributed by atoms with Crippen LogP contribution in [0.3, 0.4) is 0 Å². The zero-order chi connectivity index (χ0) is 18.5. The van der Waals surface area contributed by atoms with E-state index in [1.165, 1.54) is 11.8 Å². The number of hydrogen-bond donors (Lipinski definition) is 1. The molecule has 4 nitrogen and oxygen atoms in total. The number of para-hydroxylation sites is 1. The number of hydrogen-bond acceptors (Lipinski definition) is 5. The monoisotopic (exact) mass is 466 g/mol. The predicted molar refractivity (Wildman–Crippen MR) is 116 cm³/mol. The fraction of sp³-hybridized carbons (Fsp3) is 0.167. The smallest absolute Gasteiger partial charge is 0.266 e. The third-order valence-electron chi connectivity index (χ3n) is 3.62. The number of thiophene rings is 1. The molecule has 2 heterocycles. The maximum atomic E-state index is 12.5. The summed E-state index contributed by atoms with van der Waals surface area (Å²) in [5.41, 5.74) is 0.738. The van der Waals surface area contributed by atoms with Crippen LogP contribution >= 0.6 is 51.2 Å². The van der Waals surface area contributed by atoms with Gasteiger partial charge in [-0.2, -0.15) is 0 Å². The van der Waals surface area contributed by atoms with Crippen molar-refractivity contribution in [2.24, 2.45) is 0 Å². The van der Waals surface area contributed by atoms with E-state index in [-0.39, 0.29) is 11.8 Å². The Morgan fingerprint density at radius 3 is 2.81 bits per heavy atom. The van der Waals surface area contributed by atoms with Crippen molar-refractivity contribution in [2.45, 2.75) is 12.8 Å². The lowest BCUT2D eigenvalue weighted by Gasteiger charge is -2.14. The van der Waals surface area contributed by atoms with Gasteiger partial charge in [0.15, 0.2) is 0 Å². The van der Waals surface area contributed by atoms with Crippen molar-refractivity contribution in [2.75, 3.05) is 11.9 Å². The van der Waals surface area contributed by atoms with Crippen LogP contribution in [0.15, 0.2) is 51.2 Å². The van der Waals surface area contributed by atoms with Gasteiger partial charge in [0, 0.05) is 22.3 Å². The normalized spacial score (nSPS) is 15.7. The van der Waals surface area contributed by atoms with Crippen molar-refractivity contribution in [1.29, 1.82) is 0 Å². The summed E-state index contributed by atoms with van der Waals surface area (Å²) in [6.07, 6.45) is 2.74. The summed E-state index contributed by atoms with van der Waals surface area (Å²) >= 11 is 11.6. The summed E-state index contributed by atoms with van der Waals surface area (Å²) in [4.78, 5) is 27.8. The van der Waals surface area contributed by atoms with E-state index >= 15 is 0 Å². The second kappa shape index (κ2) is 8.94. The Bertz CT molecular complexity index is 865. The number of thiocarbonyl (C=S) groups is 1. The zero-order valence-electron chi connectivity index (χ0n) is 13.6. The molecule has 0 radical (unpaired) electrons. The first-order chi connectivity index (χ1) is 12.5. The van der Waals surface area contributed by atoms with E-state index < -0.39 is 0 Å². The Hall–Kier alpha value is -1.48. The fourth-order valence-electron chi connectivity index (χ4n) is 2.37. The second-order valence-electron chi connectivity index (χ2n) is 5.48. The van der Waals surface area contributed by atoms with Crippen LogP contribution in [0, 0.1) is 0 Å². The molecular formula is C18H15BrN2O2S3. The number of nitrogens with one attached hydrogen (secondary N) is 1. The molecule has 1 saturated heterocycles. The average molecular weight is 467 g/mol. The Labute approximate surface area is 173 Å². The number of carbonyl (C=O) groups excluding carboxylic acids is 2. The van der Waals surface area contributed by atoms with Crippen LogP contribution in [-0.4, -0.2) is 27.6 Å². The Balaban J connectivity index is 1.52. The van der Waals surface area contributed by atoms with Gasteiger partial charge in [-0.15, -0.1) is 11.3 Å². The number of nitrogens with zero attached hydrogens (tertiary/aromatic N) is 1. The van der Waals surface area contributed by atoms with Gasteiger partial charge >= 0.3 is 0 Å². The SMILES string of the molecule is O=C(CCCN1C(=O)/C(=C\c2cccs2)SC1=S)Nc1ccccc1Br. The van der Waals surface area contributed by atoms with Crippen molar-refractivity contribution >= 4 is 79.1 Å². The number of carbonyl (C=O) groups is 2. The van der Waals surface area contributed by atoms with Gasteiger partial charge in [-0.3, -0.25) is 14.5 Å². The molecule has 1 N–H and O–H groups in total. The molecule has 2 amide bonds. The summed E-state index contributed by atoms with van der Waals surface area (Å²) in [5, 5.41) is 4.83. The Kier molecular flexibility index (Phi) is 6.63. The lowest BCUT2D eigenvalue weighted by atomic mass is 10.2. The molecule has 3 rings (SSSR count). The first kappa shape index (κ1) is 19.3. The van der Waals surface area contributed by atoms with Crippen LogP contribution in [0.5, 0.6) is 0 Å². The molecule has 1 aromatic heterocycles. The molecule has 2 aromatic rings. The molecule has 8 heteroatoms. The van der Waals surface area contributed by atoms with Gasteiger partial charge in [0.2, 0.25) is 5.91 Å².